The van der Waals surface area contributed by atoms with Crippen LogP contribution < -0.4 is 4.74 Å². The van der Waals surface area contributed by atoms with Gasteiger partial charge in [-0.05, 0) is 62.7 Å². The summed E-state index contributed by atoms with van der Waals surface area (Å²) in [7, 11) is -4.07. The van der Waals surface area contributed by atoms with Crippen molar-refractivity contribution in [3.05, 3.63) is 59.9 Å². The zero-order chi connectivity index (χ0) is 22.1. The standard InChI is InChI=1S/C21H24FNO6S/c1-14-12-23(19(20(24)25)21(2,3)29-14)30(26,27)18-10-8-17(9-11-18)28-13-15-4-6-16(22)7-5-15/h4-11,14,19H,12-13H2,1-3H3,(H,24,25). The van der Waals surface area contributed by atoms with Gasteiger partial charge in [-0.15, -0.1) is 0 Å². The lowest BCUT2D eigenvalue weighted by Gasteiger charge is -2.45. The Labute approximate surface area is 175 Å². The maximum atomic E-state index is 13.2. The monoisotopic (exact) mass is 437 g/mol. The summed E-state index contributed by atoms with van der Waals surface area (Å²) < 4.78 is 51.6. The maximum Gasteiger partial charge on any atom is 0.325 e. The number of nitrogens with zero attached hydrogens (tertiary/aromatic N) is 1. The summed E-state index contributed by atoms with van der Waals surface area (Å²) in [5, 5.41) is 9.65. The summed E-state index contributed by atoms with van der Waals surface area (Å²) in [6, 6.07) is 10.3. The minimum Gasteiger partial charge on any atom is -0.489 e. The number of rotatable bonds is 6. The van der Waals surface area contributed by atoms with Crippen LogP contribution in [0.4, 0.5) is 4.39 Å². The molecular formula is C21H24FNO6S. The smallest absolute Gasteiger partial charge is 0.325 e. The van der Waals surface area contributed by atoms with Crippen molar-refractivity contribution in [2.75, 3.05) is 6.54 Å². The Morgan fingerprint density at radius 1 is 1.20 bits per heavy atom. The highest BCUT2D eigenvalue weighted by Gasteiger charge is 2.50. The van der Waals surface area contributed by atoms with Crippen molar-refractivity contribution in [1.82, 2.24) is 4.31 Å². The van der Waals surface area contributed by atoms with Crippen molar-refractivity contribution in [3.63, 3.8) is 0 Å². The van der Waals surface area contributed by atoms with Crippen molar-refractivity contribution in [2.24, 2.45) is 0 Å². The summed E-state index contributed by atoms with van der Waals surface area (Å²) in [6.45, 7) is 4.97. The molecule has 2 aromatic carbocycles. The van der Waals surface area contributed by atoms with Crippen LogP contribution in [0.2, 0.25) is 0 Å². The second kappa shape index (κ2) is 8.33. The van der Waals surface area contributed by atoms with Crippen LogP contribution in [-0.2, 0) is 26.2 Å². The highest BCUT2D eigenvalue weighted by Crippen LogP contribution is 2.33. The van der Waals surface area contributed by atoms with Gasteiger partial charge in [-0.3, -0.25) is 4.79 Å². The second-order valence-corrected chi connectivity index (χ2v) is 9.62. The molecule has 9 heteroatoms. The van der Waals surface area contributed by atoms with E-state index >= 15 is 0 Å². The van der Waals surface area contributed by atoms with E-state index in [1.165, 1.54) is 36.4 Å². The molecule has 0 aromatic heterocycles. The fourth-order valence-electron chi connectivity index (χ4n) is 3.57. The third-order valence-electron chi connectivity index (χ3n) is 4.87. The highest BCUT2D eigenvalue weighted by atomic mass is 32.2. The van der Waals surface area contributed by atoms with Crippen molar-refractivity contribution in [1.29, 1.82) is 0 Å². The van der Waals surface area contributed by atoms with Gasteiger partial charge in [0.15, 0.2) is 6.04 Å². The van der Waals surface area contributed by atoms with E-state index in [0.717, 1.165) is 9.87 Å². The Kier molecular flexibility index (Phi) is 6.16. The molecule has 30 heavy (non-hydrogen) atoms. The maximum absolute atomic E-state index is 13.2. The number of sulfonamides is 1. The van der Waals surface area contributed by atoms with Gasteiger partial charge in [0.05, 0.1) is 16.6 Å². The minimum absolute atomic E-state index is 0.0345. The number of ether oxygens (including phenoxy) is 2. The number of carboxylic acid groups (broad SMARTS) is 1. The van der Waals surface area contributed by atoms with Gasteiger partial charge in [0.1, 0.15) is 18.2 Å². The van der Waals surface area contributed by atoms with Gasteiger partial charge in [-0.2, -0.15) is 4.31 Å². The number of carbonyl (C=O) groups is 1. The zero-order valence-corrected chi connectivity index (χ0v) is 17.7. The van der Waals surface area contributed by atoms with Crippen molar-refractivity contribution in [3.8, 4) is 5.75 Å². The molecule has 2 unspecified atom stereocenters. The third-order valence-corrected chi connectivity index (χ3v) is 6.72. The molecule has 3 rings (SSSR count). The van der Waals surface area contributed by atoms with Crippen molar-refractivity contribution >= 4 is 16.0 Å². The molecule has 0 radical (unpaired) electrons. The number of morpholine rings is 1. The number of aliphatic carboxylic acids is 1. The number of hydrogen-bond acceptors (Lipinski definition) is 5. The molecule has 1 heterocycles. The fourth-order valence-corrected chi connectivity index (χ4v) is 5.35. The molecule has 1 N–H and O–H groups in total. The number of benzene rings is 2. The predicted molar refractivity (Wildman–Crippen MR) is 107 cm³/mol. The average Bonchev–Trinajstić information content (AvgIpc) is 2.66. The normalized spacial score (nSPS) is 21.9. The molecule has 0 spiro atoms. The molecule has 1 aliphatic heterocycles. The molecule has 0 saturated carbocycles. The first kappa shape index (κ1) is 22.2. The molecular weight excluding hydrogens is 413 g/mol. The molecule has 1 saturated heterocycles. The van der Waals surface area contributed by atoms with Crippen LogP contribution in [-0.4, -0.2) is 48.1 Å². The Hall–Kier alpha value is -2.49. The van der Waals surface area contributed by atoms with Crippen LogP contribution >= 0.6 is 0 Å². The van der Waals surface area contributed by atoms with Crippen LogP contribution in [0.1, 0.15) is 26.3 Å². The highest BCUT2D eigenvalue weighted by molar-refractivity contribution is 7.89. The first-order chi connectivity index (χ1) is 14.0. The average molecular weight is 437 g/mol. The SMILES string of the molecule is CC1CN(S(=O)(=O)c2ccc(OCc3ccc(F)cc3)cc2)C(C(=O)O)C(C)(C)O1. The van der Waals surface area contributed by atoms with E-state index in [1.54, 1.807) is 32.9 Å². The van der Waals surface area contributed by atoms with Gasteiger partial charge in [0.2, 0.25) is 10.0 Å². The lowest BCUT2D eigenvalue weighted by molar-refractivity contribution is -0.174. The van der Waals surface area contributed by atoms with Crippen LogP contribution in [0.3, 0.4) is 0 Å². The first-order valence-electron chi connectivity index (χ1n) is 9.40. The predicted octanol–water partition coefficient (Wildman–Crippen LogP) is 3.05. The topological polar surface area (TPSA) is 93.1 Å². The molecule has 2 aromatic rings. The van der Waals surface area contributed by atoms with E-state index in [-0.39, 0.29) is 23.9 Å². The molecule has 0 aliphatic carbocycles. The summed E-state index contributed by atoms with van der Waals surface area (Å²) in [4.78, 5) is 11.8. The first-order valence-corrected chi connectivity index (χ1v) is 10.8. The summed E-state index contributed by atoms with van der Waals surface area (Å²) in [5.74, 6) is -1.17. The molecule has 1 aliphatic rings. The Balaban J connectivity index is 1.79. The molecule has 7 nitrogen and oxygen atoms in total. The van der Waals surface area contributed by atoms with Crippen molar-refractivity contribution < 1.29 is 32.2 Å². The number of halogens is 1. The van der Waals surface area contributed by atoms with Crippen LogP contribution in [0.25, 0.3) is 0 Å². The third kappa shape index (κ3) is 4.63. The van der Waals surface area contributed by atoms with E-state index in [9.17, 15) is 22.7 Å². The summed E-state index contributed by atoms with van der Waals surface area (Å²) >= 11 is 0. The quantitative estimate of drug-likeness (QED) is 0.747. The van der Waals surface area contributed by atoms with E-state index in [4.69, 9.17) is 9.47 Å². The number of carboxylic acids is 1. The van der Waals surface area contributed by atoms with E-state index < -0.39 is 33.7 Å². The van der Waals surface area contributed by atoms with Crippen LogP contribution in [0.15, 0.2) is 53.4 Å². The van der Waals surface area contributed by atoms with E-state index in [2.05, 4.69) is 0 Å². The van der Waals surface area contributed by atoms with Crippen molar-refractivity contribution in [2.45, 2.75) is 50.0 Å². The minimum atomic E-state index is -4.07. The lowest BCUT2D eigenvalue weighted by atomic mass is 9.96. The fraction of sp³-hybridized carbons (Fsp3) is 0.381. The van der Waals surface area contributed by atoms with Gasteiger partial charge < -0.3 is 14.6 Å². The molecule has 0 amide bonds. The largest absolute Gasteiger partial charge is 0.489 e. The summed E-state index contributed by atoms with van der Waals surface area (Å²) in [5.41, 5.74) is -0.420. The number of hydrogen-bond donors (Lipinski definition) is 1. The Bertz CT molecular complexity index is 1000. The van der Waals surface area contributed by atoms with Gasteiger partial charge in [0.25, 0.3) is 0 Å². The van der Waals surface area contributed by atoms with Gasteiger partial charge in [-0.25, -0.2) is 12.8 Å². The lowest BCUT2D eigenvalue weighted by Crippen LogP contribution is -2.63. The zero-order valence-electron chi connectivity index (χ0n) is 16.9. The van der Waals surface area contributed by atoms with E-state index in [1.807, 2.05) is 0 Å². The molecule has 0 bridgehead atoms. The second-order valence-electron chi connectivity index (χ2n) is 7.73. The van der Waals surface area contributed by atoms with Gasteiger partial charge in [0, 0.05) is 6.54 Å². The van der Waals surface area contributed by atoms with Gasteiger partial charge in [-0.1, -0.05) is 12.1 Å². The van der Waals surface area contributed by atoms with Gasteiger partial charge >= 0.3 is 5.97 Å². The molecule has 2 atom stereocenters. The molecule has 1 fully saturated rings. The van der Waals surface area contributed by atoms with Crippen LogP contribution in [0, 0.1) is 5.82 Å². The van der Waals surface area contributed by atoms with E-state index in [0.29, 0.717) is 5.75 Å². The Morgan fingerprint density at radius 2 is 1.80 bits per heavy atom. The molecule has 162 valence electrons. The Morgan fingerprint density at radius 3 is 2.37 bits per heavy atom. The summed E-state index contributed by atoms with van der Waals surface area (Å²) in [6.07, 6.45) is -0.455. The van der Waals surface area contributed by atoms with Crippen LogP contribution in [0.5, 0.6) is 5.75 Å².